The number of hydrogen-bond donors (Lipinski definition) is 1. The average molecular weight is 724 g/mol. The van der Waals surface area contributed by atoms with Gasteiger partial charge < -0.3 is 10.2 Å². The molecule has 0 radical (unpaired) electrons. The van der Waals surface area contributed by atoms with Crippen LogP contribution in [0.3, 0.4) is 0 Å². The lowest BCUT2D eigenvalue weighted by Crippen LogP contribution is -2.52. The molecular weight excluding hydrogens is 685 g/mol. The first-order valence-electron chi connectivity index (χ1n) is 14.8. The van der Waals surface area contributed by atoms with Crippen molar-refractivity contribution < 1.29 is 18.0 Å². The summed E-state index contributed by atoms with van der Waals surface area (Å²) in [6.07, 6.45) is 6.87. The Kier molecular flexibility index (Phi) is 12.6. The number of hydrogen-bond acceptors (Lipinski definition) is 4. The topological polar surface area (TPSA) is 86.8 Å². The molecule has 1 atom stereocenters. The van der Waals surface area contributed by atoms with Crippen molar-refractivity contribution in [2.45, 2.75) is 70.0 Å². The molecule has 3 aromatic rings. The number of carbonyl (C=O) groups excluding carboxylic acids is 2. The number of rotatable bonds is 13. The second kappa shape index (κ2) is 16.1. The van der Waals surface area contributed by atoms with E-state index in [9.17, 15) is 18.0 Å². The van der Waals surface area contributed by atoms with Crippen molar-refractivity contribution in [2.24, 2.45) is 0 Å². The largest absolute Gasteiger partial charge is 0.352 e. The fraction of sp³-hybridized carbons (Fsp3) is 0.394. The molecule has 236 valence electrons. The molecule has 0 aliphatic heterocycles. The van der Waals surface area contributed by atoms with Crippen LogP contribution in [0.2, 0.25) is 10.0 Å². The zero-order valence-electron chi connectivity index (χ0n) is 24.7. The Hall–Kier alpha value is -2.59. The van der Waals surface area contributed by atoms with Crippen molar-refractivity contribution >= 4 is 66.7 Å². The number of carbonyl (C=O) groups is 2. The van der Waals surface area contributed by atoms with Crippen LogP contribution in [0.25, 0.3) is 0 Å². The first-order chi connectivity index (χ1) is 21.0. The van der Waals surface area contributed by atoms with Gasteiger partial charge in [0.05, 0.1) is 17.0 Å². The van der Waals surface area contributed by atoms with E-state index in [4.69, 9.17) is 23.2 Å². The Morgan fingerprint density at radius 3 is 2.30 bits per heavy atom. The molecule has 4 rings (SSSR count). The Bertz CT molecular complexity index is 1520. The second-order valence-corrected chi connectivity index (χ2v) is 14.9. The fourth-order valence-corrected chi connectivity index (χ4v) is 7.21. The second-order valence-electron chi connectivity index (χ2n) is 11.2. The molecule has 0 spiro atoms. The van der Waals surface area contributed by atoms with E-state index in [2.05, 4.69) is 21.2 Å². The molecule has 11 heteroatoms. The Balaban J connectivity index is 1.60. The maximum Gasteiger partial charge on any atom is 0.243 e. The van der Waals surface area contributed by atoms with Crippen molar-refractivity contribution in [1.82, 2.24) is 10.2 Å². The molecule has 1 N–H and O–H groups in total. The van der Waals surface area contributed by atoms with Crippen molar-refractivity contribution in [3.8, 4) is 0 Å². The van der Waals surface area contributed by atoms with Crippen LogP contribution in [0.1, 0.15) is 56.1 Å². The summed E-state index contributed by atoms with van der Waals surface area (Å²) in [6.45, 7) is 0.256. The van der Waals surface area contributed by atoms with Crippen LogP contribution >= 0.6 is 39.1 Å². The molecule has 7 nitrogen and oxygen atoms in total. The molecule has 1 saturated carbocycles. The average Bonchev–Trinajstić information content (AvgIpc) is 2.99. The molecule has 3 aromatic carbocycles. The van der Waals surface area contributed by atoms with E-state index >= 15 is 0 Å². The van der Waals surface area contributed by atoms with Gasteiger partial charge in [-0.05, 0) is 60.7 Å². The molecule has 1 unspecified atom stereocenters. The predicted molar refractivity (Wildman–Crippen MR) is 182 cm³/mol. The normalized spacial score (nSPS) is 14.5. The van der Waals surface area contributed by atoms with Gasteiger partial charge in [-0.1, -0.05) is 101 Å². The third kappa shape index (κ3) is 9.96. The number of nitrogens with one attached hydrogen (secondary N) is 1. The summed E-state index contributed by atoms with van der Waals surface area (Å²) in [7, 11) is -3.72. The highest BCUT2D eigenvalue weighted by Gasteiger charge is 2.32. The summed E-state index contributed by atoms with van der Waals surface area (Å²) < 4.78 is 27.6. The van der Waals surface area contributed by atoms with Crippen molar-refractivity contribution in [2.75, 3.05) is 17.1 Å². The van der Waals surface area contributed by atoms with E-state index in [0.29, 0.717) is 11.4 Å². The number of halogens is 3. The van der Waals surface area contributed by atoms with Crippen LogP contribution in [0.5, 0.6) is 0 Å². The van der Waals surface area contributed by atoms with E-state index in [1.54, 1.807) is 17.0 Å². The van der Waals surface area contributed by atoms with Gasteiger partial charge in [0, 0.05) is 41.5 Å². The van der Waals surface area contributed by atoms with E-state index in [1.807, 2.05) is 54.6 Å². The molecule has 44 heavy (non-hydrogen) atoms. The number of amides is 2. The van der Waals surface area contributed by atoms with Crippen LogP contribution < -0.4 is 9.62 Å². The Morgan fingerprint density at radius 2 is 1.64 bits per heavy atom. The van der Waals surface area contributed by atoms with Gasteiger partial charge in [-0.25, -0.2) is 8.42 Å². The zero-order chi connectivity index (χ0) is 31.7. The lowest BCUT2D eigenvalue weighted by molar-refractivity contribution is -0.141. The standard InChI is InChI=1S/C33H38BrCl2N3O4S/c1-44(42,43)39(30-22-27(35)18-19-29(30)36)20-8-13-32(40)38(23-25-14-16-26(34)17-15-25)31(21-24-9-4-2-5-10-24)33(41)37-28-11-6-3-7-12-28/h2,4-5,9-10,14-19,22,28,31H,3,6-8,11-13,20-21,23H2,1H3,(H,37,41). The maximum atomic E-state index is 14.1. The summed E-state index contributed by atoms with van der Waals surface area (Å²) in [6, 6.07) is 21.3. The van der Waals surface area contributed by atoms with Crippen molar-refractivity contribution in [1.29, 1.82) is 0 Å². The van der Waals surface area contributed by atoms with Gasteiger partial charge >= 0.3 is 0 Å². The summed E-state index contributed by atoms with van der Waals surface area (Å²) in [5.74, 6) is -0.409. The number of nitrogens with zero attached hydrogens (tertiary/aromatic N) is 2. The molecule has 1 fully saturated rings. The van der Waals surface area contributed by atoms with E-state index < -0.39 is 16.1 Å². The molecule has 2 amide bonds. The maximum absolute atomic E-state index is 14.1. The van der Waals surface area contributed by atoms with Crippen LogP contribution in [0, 0.1) is 0 Å². The molecule has 0 saturated heterocycles. The monoisotopic (exact) mass is 721 g/mol. The van der Waals surface area contributed by atoms with Gasteiger partial charge in [-0.15, -0.1) is 0 Å². The van der Waals surface area contributed by atoms with Crippen LogP contribution in [-0.4, -0.2) is 50.0 Å². The highest BCUT2D eigenvalue weighted by atomic mass is 79.9. The fourth-order valence-electron chi connectivity index (χ4n) is 5.54. The highest BCUT2D eigenvalue weighted by molar-refractivity contribution is 9.10. The van der Waals surface area contributed by atoms with Crippen molar-refractivity contribution in [3.63, 3.8) is 0 Å². The Labute approximate surface area is 279 Å². The smallest absolute Gasteiger partial charge is 0.243 e. The van der Waals surface area contributed by atoms with Crippen LogP contribution in [0.4, 0.5) is 5.69 Å². The molecule has 0 aromatic heterocycles. The summed E-state index contributed by atoms with van der Waals surface area (Å²) in [5.41, 5.74) is 2.09. The van der Waals surface area contributed by atoms with Gasteiger partial charge in [0.15, 0.2) is 0 Å². The SMILES string of the molecule is CS(=O)(=O)N(CCCC(=O)N(Cc1ccc(Br)cc1)C(Cc1ccccc1)C(=O)NC1CCCCC1)c1cc(Cl)ccc1Cl. The molecular formula is C33H38BrCl2N3O4S. The Morgan fingerprint density at radius 1 is 0.955 bits per heavy atom. The molecule has 1 aliphatic carbocycles. The summed E-state index contributed by atoms with van der Waals surface area (Å²) in [4.78, 5) is 29.6. The van der Waals surface area contributed by atoms with Gasteiger partial charge in [0.2, 0.25) is 21.8 Å². The molecule has 0 bridgehead atoms. The van der Waals surface area contributed by atoms with E-state index in [-0.39, 0.29) is 54.5 Å². The van der Waals surface area contributed by atoms with Gasteiger partial charge in [0.25, 0.3) is 0 Å². The van der Waals surface area contributed by atoms with Gasteiger partial charge in [-0.3, -0.25) is 13.9 Å². The third-order valence-corrected chi connectivity index (χ3v) is 10.1. The van der Waals surface area contributed by atoms with Crippen molar-refractivity contribution in [3.05, 3.63) is 98.4 Å². The van der Waals surface area contributed by atoms with Gasteiger partial charge in [0.1, 0.15) is 6.04 Å². The summed E-state index contributed by atoms with van der Waals surface area (Å²) in [5, 5.41) is 3.83. The third-order valence-electron chi connectivity index (χ3n) is 7.82. The number of anilines is 1. The predicted octanol–water partition coefficient (Wildman–Crippen LogP) is 7.39. The number of benzene rings is 3. The zero-order valence-corrected chi connectivity index (χ0v) is 28.6. The first kappa shape index (κ1) is 34.3. The lowest BCUT2D eigenvalue weighted by atomic mass is 9.94. The minimum absolute atomic E-state index is 0.0222. The molecule has 1 aliphatic rings. The summed E-state index contributed by atoms with van der Waals surface area (Å²) >= 11 is 15.9. The molecule has 0 heterocycles. The van der Waals surface area contributed by atoms with E-state index in [0.717, 1.165) is 47.5 Å². The lowest BCUT2D eigenvalue weighted by Gasteiger charge is -2.34. The highest BCUT2D eigenvalue weighted by Crippen LogP contribution is 2.31. The number of sulfonamides is 1. The minimum atomic E-state index is -3.72. The van der Waals surface area contributed by atoms with E-state index in [1.165, 1.54) is 16.8 Å². The quantitative estimate of drug-likeness (QED) is 0.199. The van der Waals surface area contributed by atoms with Gasteiger partial charge in [-0.2, -0.15) is 0 Å². The van der Waals surface area contributed by atoms with Crippen LogP contribution in [-0.2, 0) is 32.6 Å². The van der Waals surface area contributed by atoms with Crippen LogP contribution in [0.15, 0.2) is 77.3 Å². The minimum Gasteiger partial charge on any atom is -0.352 e. The first-order valence-corrected chi connectivity index (χ1v) is 18.2.